The van der Waals surface area contributed by atoms with Crippen LogP contribution in [0.4, 0.5) is 0 Å². The second kappa shape index (κ2) is 4.91. The minimum absolute atomic E-state index is 0. The molecule has 0 unspecified atom stereocenters. The number of pyridine rings is 1. The Bertz CT molecular complexity index is 266. The molecule has 0 aromatic carbocycles. The maximum atomic E-state index is 4.44. The van der Waals surface area contributed by atoms with E-state index in [0.29, 0.717) is 0 Å². The lowest BCUT2D eigenvalue weighted by atomic mass is 10.3. The minimum atomic E-state index is 0. The first-order chi connectivity index (χ1) is 5.47. The van der Waals surface area contributed by atoms with Crippen molar-refractivity contribution >= 4 is 0 Å². The van der Waals surface area contributed by atoms with Gasteiger partial charge in [0.1, 0.15) is 6.54 Å². The minimum Gasteiger partial charge on any atom is -1.00 e. The van der Waals surface area contributed by atoms with Crippen LogP contribution >= 0.6 is 0 Å². The van der Waals surface area contributed by atoms with Crippen LogP contribution in [0.2, 0.25) is 0 Å². The molecule has 0 fully saturated rings. The van der Waals surface area contributed by atoms with Gasteiger partial charge in [0.15, 0.2) is 0 Å². The lowest BCUT2D eigenvalue weighted by molar-refractivity contribution is -0.884. The maximum absolute atomic E-state index is 4.44. The topological polar surface area (TPSA) is 12.9 Å². The van der Waals surface area contributed by atoms with Crippen LogP contribution in [0.5, 0.6) is 0 Å². The first kappa shape index (κ1) is 12.8. The van der Waals surface area contributed by atoms with Gasteiger partial charge in [-0.25, -0.2) is 0 Å². The monoisotopic (exact) mass is 292 g/mol. The molecule has 1 heterocycles. The first-order valence-electron chi connectivity index (χ1n) is 4.20. The summed E-state index contributed by atoms with van der Waals surface area (Å²) >= 11 is 0. The normalized spacial score (nSPS) is 10.8. The van der Waals surface area contributed by atoms with E-state index in [1.54, 1.807) is 0 Å². The van der Waals surface area contributed by atoms with Crippen molar-refractivity contribution in [2.75, 3.05) is 21.1 Å². The number of nitrogens with zero attached hydrogens (tertiary/aromatic N) is 2. The van der Waals surface area contributed by atoms with Crippen LogP contribution in [-0.4, -0.2) is 30.6 Å². The Kier molecular flexibility index (Phi) is 4.85. The highest BCUT2D eigenvalue weighted by Crippen LogP contribution is 2.04. The van der Waals surface area contributed by atoms with Crippen molar-refractivity contribution in [3.05, 3.63) is 29.6 Å². The van der Waals surface area contributed by atoms with Crippen molar-refractivity contribution in [2.24, 2.45) is 0 Å². The van der Waals surface area contributed by atoms with E-state index in [2.05, 4.69) is 38.3 Å². The third-order valence-electron chi connectivity index (χ3n) is 1.58. The van der Waals surface area contributed by atoms with E-state index >= 15 is 0 Å². The molecular formula is C10H17IN2. The van der Waals surface area contributed by atoms with Crippen LogP contribution < -0.4 is 24.0 Å². The molecular weight excluding hydrogens is 275 g/mol. The molecule has 0 radical (unpaired) electrons. The molecule has 0 bridgehead atoms. The number of hydrogen-bond donors (Lipinski definition) is 0. The quantitative estimate of drug-likeness (QED) is 0.483. The molecule has 3 heteroatoms. The number of hydrogen-bond acceptors (Lipinski definition) is 1. The van der Waals surface area contributed by atoms with Gasteiger partial charge in [0.05, 0.1) is 26.8 Å². The van der Waals surface area contributed by atoms with Crippen molar-refractivity contribution in [1.29, 1.82) is 0 Å². The largest absolute Gasteiger partial charge is 1.00 e. The summed E-state index contributed by atoms with van der Waals surface area (Å²) in [5.74, 6) is 0. The number of aryl methyl sites for hydroxylation is 1. The van der Waals surface area contributed by atoms with Crippen molar-refractivity contribution in [3.63, 3.8) is 0 Å². The predicted octanol–water partition coefficient (Wildman–Crippen LogP) is -1.40. The summed E-state index contributed by atoms with van der Waals surface area (Å²) in [6.45, 7) is 3.01. The average molecular weight is 292 g/mol. The standard InChI is InChI=1S/C10H17N2.HI/c1-9-6-5-7-10(11-9)8-12(2,3)4;/h5-7H,8H2,1-4H3;1H/q+1;/p-1. The molecule has 0 saturated carbocycles. The summed E-state index contributed by atoms with van der Waals surface area (Å²) in [5, 5.41) is 0. The van der Waals surface area contributed by atoms with Gasteiger partial charge >= 0.3 is 0 Å². The van der Waals surface area contributed by atoms with Gasteiger partial charge in [-0.1, -0.05) is 6.07 Å². The molecule has 1 aromatic heterocycles. The van der Waals surface area contributed by atoms with E-state index in [1.165, 1.54) is 5.69 Å². The average Bonchev–Trinajstić information content (AvgIpc) is 1.82. The molecule has 1 rings (SSSR count). The fourth-order valence-corrected chi connectivity index (χ4v) is 1.17. The summed E-state index contributed by atoms with van der Waals surface area (Å²) in [6, 6.07) is 6.17. The highest BCUT2D eigenvalue weighted by molar-refractivity contribution is 5.08. The molecule has 0 aliphatic heterocycles. The third kappa shape index (κ3) is 5.21. The highest BCUT2D eigenvalue weighted by Gasteiger charge is 2.08. The molecule has 0 spiro atoms. The van der Waals surface area contributed by atoms with Gasteiger partial charge < -0.3 is 28.5 Å². The summed E-state index contributed by atoms with van der Waals surface area (Å²) < 4.78 is 0.927. The van der Waals surface area contributed by atoms with Gasteiger partial charge in [0.25, 0.3) is 0 Å². The number of aromatic nitrogens is 1. The molecule has 0 aliphatic rings. The van der Waals surface area contributed by atoms with E-state index < -0.39 is 0 Å². The molecule has 13 heavy (non-hydrogen) atoms. The fraction of sp³-hybridized carbons (Fsp3) is 0.500. The van der Waals surface area contributed by atoms with E-state index in [-0.39, 0.29) is 24.0 Å². The predicted molar refractivity (Wildman–Crippen MR) is 50.7 cm³/mol. The second-order valence-corrected chi connectivity index (χ2v) is 4.22. The van der Waals surface area contributed by atoms with E-state index in [1.807, 2.05) is 13.0 Å². The van der Waals surface area contributed by atoms with Crippen molar-refractivity contribution in [1.82, 2.24) is 4.98 Å². The number of rotatable bonds is 2. The third-order valence-corrected chi connectivity index (χ3v) is 1.58. The van der Waals surface area contributed by atoms with Crippen LogP contribution in [0.3, 0.4) is 0 Å². The van der Waals surface area contributed by atoms with Crippen LogP contribution in [0.25, 0.3) is 0 Å². The van der Waals surface area contributed by atoms with Gasteiger partial charge in [-0.15, -0.1) is 0 Å². The summed E-state index contributed by atoms with van der Waals surface area (Å²) in [6.07, 6.45) is 0. The summed E-state index contributed by atoms with van der Waals surface area (Å²) in [5.41, 5.74) is 2.27. The second-order valence-electron chi connectivity index (χ2n) is 4.22. The van der Waals surface area contributed by atoms with Gasteiger partial charge in [0, 0.05) is 5.69 Å². The molecule has 74 valence electrons. The molecule has 0 saturated heterocycles. The van der Waals surface area contributed by atoms with Crippen LogP contribution in [0.1, 0.15) is 11.4 Å². The van der Waals surface area contributed by atoms with Crippen molar-refractivity contribution < 1.29 is 28.5 Å². The Morgan fingerprint density at radius 1 is 1.23 bits per heavy atom. The Hall–Kier alpha value is -0.160. The van der Waals surface area contributed by atoms with Crippen molar-refractivity contribution in [3.8, 4) is 0 Å². The SMILES string of the molecule is Cc1cccc(C[N+](C)(C)C)n1.[I-]. The Labute approximate surface area is 97.6 Å². The molecule has 0 N–H and O–H groups in total. The number of halogens is 1. The molecule has 2 nitrogen and oxygen atoms in total. The van der Waals surface area contributed by atoms with E-state index in [4.69, 9.17) is 0 Å². The van der Waals surface area contributed by atoms with E-state index in [0.717, 1.165) is 16.7 Å². The summed E-state index contributed by atoms with van der Waals surface area (Å²) in [7, 11) is 6.51. The van der Waals surface area contributed by atoms with Crippen LogP contribution in [-0.2, 0) is 6.54 Å². The van der Waals surface area contributed by atoms with Crippen LogP contribution in [0.15, 0.2) is 18.2 Å². The lowest BCUT2D eigenvalue weighted by Gasteiger charge is -2.23. The Morgan fingerprint density at radius 3 is 2.31 bits per heavy atom. The fourth-order valence-electron chi connectivity index (χ4n) is 1.17. The first-order valence-corrected chi connectivity index (χ1v) is 4.20. The van der Waals surface area contributed by atoms with Gasteiger partial charge in [0.2, 0.25) is 0 Å². The van der Waals surface area contributed by atoms with Gasteiger partial charge in [-0.05, 0) is 19.1 Å². The number of quaternary nitrogens is 1. The van der Waals surface area contributed by atoms with Gasteiger partial charge in [-0.3, -0.25) is 4.98 Å². The van der Waals surface area contributed by atoms with Crippen LogP contribution in [0, 0.1) is 6.92 Å². The zero-order chi connectivity index (χ0) is 9.19. The maximum Gasteiger partial charge on any atom is 0.121 e. The zero-order valence-electron chi connectivity index (χ0n) is 8.71. The molecule has 0 amide bonds. The Balaban J connectivity index is 0.00000144. The highest BCUT2D eigenvalue weighted by atomic mass is 127. The zero-order valence-corrected chi connectivity index (χ0v) is 10.9. The molecule has 1 aromatic rings. The lowest BCUT2D eigenvalue weighted by Crippen LogP contribution is -3.00. The smallest absolute Gasteiger partial charge is 0.121 e. The summed E-state index contributed by atoms with van der Waals surface area (Å²) in [4.78, 5) is 4.44. The molecule has 0 aliphatic carbocycles. The van der Waals surface area contributed by atoms with Crippen molar-refractivity contribution in [2.45, 2.75) is 13.5 Å². The van der Waals surface area contributed by atoms with E-state index in [9.17, 15) is 0 Å². The van der Waals surface area contributed by atoms with Gasteiger partial charge in [-0.2, -0.15) is 0 Å². The molecule has 0 atom stereocenters. The Morgan fingerprint density at radius 2 is 1.85 bits per heavy atom.